The third-order valence-electron chi connectivity index (χ3n) is 7.06. The first kappa shape index (κ1) is 25.4. The lowest BCUT2D eigenvalue weighted by Crippen LogP contribution is -2.39. The van der Waals surface area contributed by atoms with Gasteiger partial charge in [-0.05, 0) is 55.2 Å². The highest BCUT2D eigenvalue weighted by atomic mass is 19.1. The van der Waals surface area contributed by atoms with Crippen LogP contribution >= 0.6 is 0 Å². The number of anilines is 1. The van der Waals surface area contributed by atoms with E-state index in [1.807, 2.05) is 19.1 Å². The number of rotatable bonds is 9. The van der Waals surface area contributed by atoms with Gasteiger partial charge in [0.2, 0.25) is 5.95 Å². The van der Waals surface area contributed by atoms with E-state index in [4.69, 9.17) is 19.6 Å². The van der Waals surface area contributed by atoms with Crippen LogP contribution in [0, 0.1) is 5.82 Å². The van der Waals surface area contributed by atoms with Crippen molar-refractivity contribution in [1.82, 2.24) is 14.9 Å². The lowest BCUT2D eigenvalue weighted by molar-refractivity contribution is -0.136. The Bertz CT molecular complexity index is 1360. The minimum atomic E-state index is -0.875. The van der Waals surface area contributed by atoms with Gasteiger partial charge in [0, 0.05) is 36.8 Å². The lowest BCUT2D eigenvalue weighted by atomic mass is 9.98. The highest BCUT2D eigenvalue weighted by Gasteiger charge is 2.40. The van der Waals surface area contributed by atoms with Gasteiger partial charge in [-0.15, -0.1) is 0 Å². The number of hydrogen-bond acceptors (Lipinski definition) is 7. The van der Waals surface area contributed by atoms with Gasteiger partial charge >= 0.3 is 12.1 Å². The maximum atomic E-state index is 13.9. The van der Waals surface area contributed by atoms with E-state index in [-0.39, 0.29) is 19.0 Å². The Morgan fingerprint density at radius 3 is 2.71 bits per heavy atom. The summed E-state index contributed by atoms with van der Waals surface area (Å²) in [6, 6.07) is 11.2. The zero-order valence-corrected chi connectivity index (χ0v) is 21.3. The number of halogens is 1. The summed E-state index contributed by atoms with van der Waals surface area (Å²) < 4.78 is 25.2. The van der Waals surface area contributed by atoms with Gasteiger partial charge < -0.3 is 19.5 Å². The van der Waals surface area contributed by atoms with Crippen LogP contribution in [0.1, 0.15) is 42.7 Å². The molecule has 38 heavy (non-hydrogen) atoms. The molecule has 10 heteroatoms. The number of hydrogen-bond donors (Lipinski definition) is 1. The van der Waals surface area contributed by atoms with Crippen LogP contribution in [0.4, 0.5) is 15.1 Å². The lowest BCUT2D eigenvalue weighted by Gasteiger charge is -2.31. The molecule has 3 aromatic rings. The number of amides is 1. The van der Waals surface area contributed by atoms with Crippen molar-refractivity contribution < 1.29 is 28.6 Å². The molecule has 2 aliphatic rings. The van der Waals surface area contributed by atoms with Gasteiger partial charge in [-0.3, -0.25) is 9.69 Å². The van der Waals surface area contributed by atoms with Crippen molar-refractivity contribution in [3.05, 3.63) is 71.3 Å². The third kappa shape index (κ3) is 5.11. The van der Waals surface area contributed by atoms with Crippen molar-refractivity contribution in [3.63, 3.8) is 0 Å². The second-order valence-electron chi connectivity index (χ2n) is 9.53. The van der Waals surface area contributed by atoms with E-state index in [2.05, 4.69) is 9.88 Å². The Morgan fingerprint density at radius 2 is 2.03 bits per heavy atom. The first-order chi connectivity index (χ1) is 18.3. The largest absolute Gasteiger partial charge is 0.496 e. The van der Waals surface area contributed by atoms with Gasteiger partial charge in [-0.25, -0.2) is 19.2 Å². The van der Waals surface area contributed by atoms with Crippen LogP contribution in [0.3, 0.4) is 0 Å². The average Bonchev–Trinajstić information content (AvgIpc) is 3.15. The predicted molar refractivity (Wildman–Crippen MR) is 137 cm³/mol. The maximum Gasteiger partial charge on any atom is 0.411 e. The Kier molecular flexibility index (Phi) is 7.13. The molecule has 1 amide bonds. The van der Waals surface area contributed by atoms with Gasteiger partial charge in [0.15, 0.2) is 0 Å². The summed E-state index contributed by atoms with van der Waals surface area (Å²) in [5, 5.41) is 9.13. The van der Waals surface area contributed by atoms with Crippen LogP contribution in [-0.4, -0.2) is 58.3 Å². The van der Waals surface area contributed by atoms with Gasteiger partial charge in [0.05, 0.1) is 25.4 Å². The van der Waals surface area contributed by atoms with Crippen LogP contribution in [0.15, 0.2) is 48.7 Å². The van der Waals surface area contributed by atoms with Crippen molar-refractivity contribution in [2.75, 3.05) is 25.1 Å². The van der Waals surface area contributed by atoms with E-state index in [0.717, 1.165) is 25.1 Å². The first-order valence-corrected chi connectivity index (χ1v) is 12.6. The number of aromatic nitrogens is 2. The van der Waals surface area contributed by atoms with Crippen molar-refractivity contribution >= 4 is 18.0 Å². The van der Waals surface area contributed by atoms with Crippen LogP contribution in [0.5, 0.6) is 5.75 Å². The summed E-state index contributed by atoms with van der Waals surface area (Å²) in [4.78, 5) is 37.2. The van der Waals surface area contributed by atoms with Gasteiger partial charge in [0.1, 0.15) is 17.7 Å². The molecule has 9 nitrogen and oxygen atoms in total. The number of carbonyl (C=O) groups is 2. The van der Waals surface area contributed by atoms with Gasteiger partial charge in [-0.2, -0.15) is 0 Å². The SMILES string of the molecule is COc1ccc(CCC(=O)O)cc1-c1cnc(N2CCC2)nc1CN1C(=O)O[C@H](c2cccc(F)c2)[C@@H]1C. The third-order valence-corrected chi connectivity index (χ3v) is 7.06. The molecule has 0 aliphatic carbocycles. The second kappa shape index (κ2) is 10.6. The number of carboxylic acids is 1. The zero-order chi connectivity index (χ0) is 26.8. The Labute approximate surface area is 219 Å². The molecule has 0 radical (unpaired) electrons. The Hall–Kier alpha value is -4.21. The fourth-order valence-electron chi connectivity index (χ4n) is 4.80. The molecule has 198 valence electrons. The van der Waals surface area contributed by atoms with Crippen molar-refractivity contribution in [3.8, 4) is 16.9 Å². The van der Waals surface area contributed by atoms with Crippen LogP contribution < -0.4 is 9.64 Å². The molecule has 2 saturated heterocycles. The highest BCUT2D eigenvalue weighted by Crippen LogP contribution is 2.37. The van der Waals surface area contributed by atoms with Gasteiger partial charge in [-0.1, -0.05) is 18.2 Å². The monoisotopic (exact) mass is 520 g/mol. The molecule has 0 spiro atoms. The zero-order valence-electron chi connectivity index (χ0n) is 21.3. The summed E-state index contributed by atoms with van der Waals surface area (Å²) in [6.45, 7) is 3.73. The molecule has 2 fully saturated rings. The number of nitrogens with zero attached hydrogens (tertiary/aromatic N) is 4. The van der Waals surface area contributed by atoms with Crippen LogP contribution in [-0.2, 0) is 22.5 Å². The Morgan fingerprint density at radius 1 is 1.21 bits per heavy atom. The highest BCUT2D eigenvalue weighted by molar-refractivity contribution is 5.75. The van der Waals surface area contributed by atoms with E-state index in [0.29, 0.717) is 40.5 Å². The number of benzene rings is 2. The average molecular weight is 521 g/mol. The minimum absolute atomic E-state index is 0.00161. The normalized spacial score (nSPS) is 18.8. The van der Waals surface area contributed by atoms with Crippen molar-refractivity contribution in [1.29, 1.82) is 0 Å². The summed E-state index contributed by atoms with van der Waals surface area (Å²) in [6.07, 6.45) is 2.02. The van der Waals surface area contributed by atoms with E-state index in [9.17, 15) is 14.0 Å². The minimum Gasteiger partial charge on any atom is -0.496 e. The van der Waals surface area contributed by atoms with E-state index < -0.39 is 24.0 Å². The standard InChI is InChI=1S/C28H29FN4O5/c1-17-26(19-5-3-6-20(29)14-19)38-28(36)33(17)16-23-22(15-30-27(31-23)32-11-4-12-32)21-13-18(8-10-25(34)35)7-9-24(21)37-2/h3,5-7,9,13-15,17,26H,4,8,10-12,16H2,1-2H3,(H,34,35)/t17-,26-/m0/s1. The number of methoxy groups -OCH3 is 1. The molecule has 2 aromatic carbocycles. The molecular weight excluding hydrogens is 491 g/mol. The molecule has 0 saturated carbocycles. The molecule has 0 unspecified atom stereocenters. The van der Waals surface area contributed by atoms with Crippen molar-refractivity contribution in [2.45, 2.75) is 44.9 Å². The smallest absolute Gasteiger partial charge is 0.411 e. The molecular formula is C28H29FN4O5. The molecule has 2 aliphatic heterocycles. The summed E-state index contributed by atoms with van der Waals surface area (Å²) in [7, 11) is 1.56. The van der Waals surface area contributed by atoms with Crippen molar-refractivity contribution in [2.24, 2.45) is 0 Å². The number of carbonyl (C=O) groups excluding carboxylic acids is 1. The Balaban J connectivity index is 1.51. The quantitative estimate of drug-likeness (QED) is 0.437. The van der Waals surface area contributed by atoms with E-state index >= 15 is 0 Å². The molecule has 0 bridgehead atoms. The summed E-state index contributed by atoms with van der Waals surface area (Å²) >= 11 is 0. The molecule has 1 aromatic heterocycles. The number of aliphatic carboxylic acids is 1. The van der Waals surface area contributed by atoms with E-state index in [1.54, 1.807) is 36.4 Å². The molecule has 1 N–H and O–H groups in total. The fraction of sp³-hybridized carbons (Fsp3) is 0.357. The maximum absolute atomic E-state index is 13.9. The first-order valence-electron chi connectivity index (χ1n) is 12.6. The number of ether oxygens (including phenoxy) is 2. The summed E-state index contributed by atoms with van der Waals surface area (Å²) in [5.41, 5.74) is 3.42. The summed E-state index contributed by atoms with van der Waals surface area (Å²) in [5.74, 6) is -0.103. The second-order valence-corrected chi connectivity index (χ2v) is 9.53. The number of cyclic esters (lactones) is 1. The number of aryl methyl sites for hydroxylation is 1. The molecule has 3 heterocycles. The fourth-order valence-corrected chi connectivity index (χ4v) is 4.80. The molecule has 2 atom stereocenters. The topological polar surface area (TPSA) is 105 Å². The van der Waals surface area contributed by atoms with Crippen LogP contribution in [0.2, 0.25) is 0 Å². The predicted octanol–water partition coefficient (Wildman–Crippen LogP) is 4.60. The molecule has 5 rings (SSSR count). The van der Waals surface area contributed by atoms with Gasteiger partial charge in [0.25, 0.3) is 0 Å². The van der Waals surface area contributed by atoms with E-state index in [1.165, 1.54) is 12.1 Å². The number of carboxylic acid groups (broad SMARTS) is 1. The van der Waals surface area contributed by atoms with Crippen LogP contribution in [0.25, 0.3) is 11.1 Å².